The second-order valence-corrected chi connectivity index (χ2v) is 6.22. The number of fused-ring (bicyclic) bond motifs is 1. The van der Waals surface area contributed by atoms with Gasteiger partial charge in [-0.1, -0.05) is 30.3 Å². The van der Waals surface area contributed by atoms with Crippen molar-refractivity contribution in [2.24, 2.45) is 0 Å². The smallest absolute Gasteiger partial charge is 0.296 e. The van der Waals surface area contributed by atoms with Gasteiger partial charge in [0.15, 0.2) is 0 Å². The van der Waals surface area contributed by atoms with E-state index in [9.17, 15) is 9.90 Å². The molecule has 6 heteroatoms. The number of phenolic OH excluding ortho intramolecular Hbond substituents is 1. The SMILES string of the molecule is O=c1nc2scc(-c3ccc(O)cc3)n2nc1Cc1ccccc1. The third-order valence-electron chi connectivity index (χ3n) is 3.73. The number of benzene rings is 2. The Morgan fingerprint density at radius 1 is 1.04 bits per heavy atom. The van der Waals surface area contributed by atoms with Crippen molar-refractivity contribution in [2.45, 2.75) is 6.42 Å². The fourth-order valence-corrected chi connectivity index (χ4v) is 3.35. The lowest BCUT2D eigenvalue weighted by atomic mass is 10.1. The topological polar surface area (TPSA) is 67.5 Å². The highest BCUT2D eigenvalue weighted by molar-refractivity contribution is 7.15. The molecule has 0 bridgehead atoms. The fraction of sp³-hybridized carbons (Fsp3) is 0.0556. The van der Waals surface area contributed by atoms with Crippen LogP contribution in [0.2, 0.25) is 0 Å². The highest BCUT2D eigenvalue weighted by Gasteiger charge is 2.12. The maximum absolute atomic E-state index is 12.2. The maximum Gasteiger partial charge on any atom is 0.296 e. The fourth-order valence-electron chi connectivity index (χ4n) is 2.52. The summed E-state index contributed by atoms with van der Waals surface area (Å²) in [5, 5.41) is 15.9. The van der Waals surface area contributed by atoms with Crippen LogP contribution < -0.4 is 5.56 Å². The van der Waals surface area contributed by atoms with Crippen molar-refractivity contribution in [2.75, 3.05) is 0 Å². The minimum Gasteiger partial charge on any atom is -0.508 e. The Bertz CT molecular complexity index is 1050. The highest BCUT2D eigenvalue weighted by atomic mass is 32.1. The number of aromatic nitrogens is 3. The zero-order valence-electron chi connectivity index (χ0n) is 12.6. The number of aromatic hydroxyl groups is 1. The van der Waals surface area contributed by atoms with Crippen molar-refractivity contribution in [3.05, 3.63) is 81.6 Å². The molecule has 2 aromatic heterocycles. The monoisotopic (exact) mass is 335 g/mol. The van der Waals surface area contributed by atoms with Gasteiger partial charge in [-0.2, -0.15) is 10.1 Å². The normalized spacial score (nSPS) is 11.0. The van der Waals surface area contributed by atoms with Gasteiger partial charge >= 0.3 is 0 Å². The molecule has 0 unspecified atom stereocenters. The second kappa shape index (κ2) is 5.90. The lowest BCUT2D eigenvalue weighted by molar-refractivity contribution is 0.475. The average Bonchev–Trinajstić information content (AvgIpc) is 2.99. The molecule has 0 fully saturated rings. The first-order valence-electron chi connectivity index (χ1n) is 7.41. The van der Waals surface area contributed by atoms with E-state index in [1.807, 2.05) is 47.8 Å². The molecule has 24 heavy (non-hydrogen) atoms. The van der Waals surface area contributed by atoms with E-state index in [0.29, 0.717) is 17.1 Å². The highest BCUT2D eigenvalue weighted by Crippen LogP contribution is 2.25. The quantitative estimate of drug-likeness (QED) is 0.625. The molecule has 4 aromatic rings. The number of phenols is 1. The second-order valence-electron chi connectivity index (χ2n) is 5.39. The molecule has 2 aromatic carbocycles. The molecule has 2 heterocycles. The summed E-state index contributed by atoms with van der Waals surface area (Å²) in [6.45, 7) is 0. The van der Waals surface area contributed by atoms with Gasteiger partial charge in [0.2, 0.25) is 4.96 Å². The Morgan fingerprint density at radius 2 is 1.79 bits per heavy atom. The van der Waals surface area contributed by atoms with Crippen molar-refractivity contribution >= 4 is 16.3 Å². The van der Waals surface area contributed by atoms with Crippen LogP contribution in [0, 0.1) is 0 Å². The van der Waals surface area contributed by atoms with Crippen molar-refractivity contribution in [3.8, 4) is 17.0 Å². The van der Waals surface area contributed by atoms with Gasteiger partial charge in [0.25, 0.3) is 5.56 Å². The molecule has 5 nitrogen and oxygen atoms in total. The molecule has 0 aliphatic heterocycles. The number of rotatable bonds is 3. The van der Waals surface area contributed by atoms with Crippen molar-refractivity contribution in [1.82, 2.24) is 14.6 Å². The minimum atomic E-state index is -0.294. The molecule has 1 N–H and O–H groups in total. The van der Waals surface area contributed by atoms with E-state index < -0.39 is 0 Å². The summed E-state index contributed by atoms with van der Waals surface area (Å²) in [7, 11) is 0. The van der Waals surface area contributed by atoms with Gasteiger partial charge < -0.3 is 5.11 Å². The van der Waals surface area contributed by atoms with Crippen LogP contribution in [0.15, 0.2) is 64.8 Å². The summed E-state index contributed by atoms with van der Waals surface area (Å²) < 4.78 is 1.69. The van der Waals surface area contributed by atoms with Gasteiger partial charge in [0, 0.05) is 17.4 Å². The Kier molecular flexibility index (Phi) is 3.59. The van der Waals surface area contributed by atoms with Gasteiger partial charge in [-0.3, -0.25) is 4.79 Å². The third-order valence-corrected chi connectivity index (χ3v) is 4.54. The number of hydrogen-bond acceptors (Lipinski definition) is 5. The van der Waals surface area contributed by atoms with Crippen molar-refractivity contribution < 1.29 is 5.11 Å². The largest absolute Gasteiger partial charge is 0.508 e. The Labute approximate surface area is 141 Å². The molecule has 0 saturated carbocycles. The summed E-state index contributed by atoms with van der Waals surface area (Å²) in [4.78, 5) is 16.9. The van der Waals surface area contributed by atoms with Gasteiger partial charge in [-0.25, -0.2) is 4.52 Å². The molecule has 4 rings (SSSR count). The predicted octanol–water partition coefficient (Wildman–Crippen LogP) is 3.11. The summed E-state index contributed by atoms with van der Waals surface area (Å²) in [5.74, 6) is 0.209. The van der Waals surface area contributed by atoms with Crippen LogP contribution in [0.25, 0.3) is 16.2 Å². The van der Waals surface area contributed by atoms with Gasteiger partial charge in [0.05, 0.1) is 5.69 Å². The van der Waals surface area contributed by atoms with E-state index in [2.05, 4.69) is 10.1 Å². The Balaban J connectivity index is 1.82. The zero-order chi connectivity index (χ0) is 16.5. The maximum atomic E-state index is 12.2. The minimum absolute atomic E-state index is 0.209. The van der Waals surface area contributed by atoms with Crippen molar-refractivity contribution in [1.29, 1.82) is 0 Å². The summed E-state index contributed by atoms with van der Waals surface area (Å²) >= 11 is 1.37. The Hall–Kier alpha value is -2.99. The molecule has 0 amide bonds. The van der Waals surface area contributed by atoms with Crippen LogP contribution in [0.1, 0.15) is 11.3 Å². The molecule has 0 aliphatic carbocycles. The van der Waals surface area contributed by atoms with E-state index in [4.69, 9.17) is 0 Å². The van der Waals surface area contributed by atoms with Crippen molar-refractivity contribution in [3.63, 3.8) is 0 Å². The van der Waals surface area contributed by atoms with Gasteiger partial charge in [0.1, 0.15) is 11.4 Å². The standard InChI is InChI=1S/C18H13N3O2S/c22-14-8-6-13(7-9-14)16-11-24-18-19-17(23)15(20-21(16)18)10-12-4-2-1-3-5-12/h1-9,11,22H,10H2. The summed E-state index contributed by atoms with van der Waals surface area (Å²) in [6, 6.07) is 16.6. The van der Waals surface area contributed by atoms with Crippen LogP contribution in [0.5, 0.6) is 5.75 Å². The first-order chi connectivity index (χ1) is 11.7. The molecule has 0 saturated heterocycles. The molecule has 0 spiro atoms. The van der Waals surface area contributed by atoms with Crippen LogP contribution in [0.3, 0.4) is 0 Å². The summed E-state index contributed by atoms with van der Waals surface area (Å²) in [6.07, 6.45) is 0.445. The van der Waals surface area contributed by atoms with Crippen LogP contribution >= 0.6 is 11.3 Å². The molecule has 118 valence electrons. The van der Waals surface area contributed by atoms with E-state index in [1.54, 1.807) is 16.6 Å². The van der Waals surface area contributed by atoms with E-state index in [0.717, 1.165) is 16.8 Å². The van der Waals surface area contributed by atoms with Crippen LogP contribution in [-0.2, 0) is 6.42 Å². The van der Waals surface area contributed by atoms with E-state index >= 15 is 0 Å². The first kappa shape index (κ1) is 14.6. The molecule has 0 atom stereocenters. The van der Waals surface area contributed by atoms with E-state index in [-0.39, 0.29) is 11.3 Å². The molecule has 0 radical (unpaired) electrons. The van der Waals surface area contributed by atoms with Gasteiger partial charge in [-0.15, -0.1) is 11.3 Å². The first-order valence-corrected chi connectivity index (χ1v) is 8.29. The average molecular weight is 335 g/mol. The molecule has 0 aliphatic rings. The van der Waals surface area contributed by atoms with Crippen LogP contribution in [-0.4, -0.2) is 19.7 Å². The zero-order valence-corrected chi connectivity index (χ0v) is 13.4. The Morgan fingerprint density at radius 3 is 2.54 bits per heavy atom. The third kappa shape index (κ3) is 2.68. The summed E-state index contributed by atoms with van der Waals surface area (Å²) in [5.41, 5.74) is 2.89. The van der Waals surface area contributed by atoms with Crippen LogP contribution in [0.4, 0.5) is 0 Å². The number of nitrogens with zero attached hydrogens (tertiary/aromatic N) is 3. The van der Waals surface area contributed by atoms with Gasteiger partial charge in [-0.05, 0) is 29.8 Å². The molecular weight excluding hydrogens is 322 g/mol. The lowest BCUT2D eigenvalue weighted by Crippen LogP contribution is -2.18. The predicted molar refractivity (Wildman–Crippen MR) is 93.5 cm³/mol. The van der Waals surface area contributed by atoms with E-state index in [1.165, 1.54) is 11.3 Å². The lowest BCUT2D eigenvalue weighted by Gasteiger charge is -2.04. The number of thiazole rings is 1. The molecular formula is C18H13N3O2S. The number of hydrogen-bond donors (Lipinski definition) is 1.